The minimum absolute atomic E-state index is 0.0707. The molecule has 2 bridgehead atoms. The number of hydrogen-bond acceptors (Lipinski definition) is 9. The van der Waals surface area contributed by atoms with Crippen molar-refractivity contribution in [2.45, 2.75) is 121 Å². The van der Waals surface area contributed by atoms with E-state index in [1.165, 1.54) is 16.7 Å². The lowest BCUT2D eigenvalue weighted by molar-refractivity contribution is -0.140. The first-order chi connectivity index (χ1) is 25.5. The van der Waals surface area contributed by atoms with Crippen LogP contribution in [-0.2, 0) is 19.1 Å². The number of carbonyl (C=O) groups is 2. The number of likely N-dealkylation sites (tertiary alicyclic amines) is 2. The minimum Gasteiger partial charge on any atom is -0.380 e. The molecular weight excluding hydrogens is 670 g/mol. The Morgan fingerprint density at radius 1 is 0.868 bits per heavy atom. The predicted molar refractivity (Wildman–Crippen MR) is 203 cm³/mol. The average molecular weight is 726 g/mol. The van der Waals surface area contributed by atoms with Crippen LogP contribution >= 0.6 is 0 Å². The number of methoxy groups -OCH3 is 2. The standard InChI is InChI=1S/C40H55N9O4/c1-21-15-25(30-19-44-37(46-30)32-9-7-8-14-48(32)39(50)33(41)23(3)52-5)11-13-29(21)35-22(2)16-27(18-43-35)31-20-45-38(47-31)36-26-10-12-28(17-26)49(36)40(51)34(42)24(4)53-6/h15-16,18-20,23-24,26,28,32-34,36H,7-14,17,41-42H2,1-6H3,(H,44,46)(H,45,47). The molecule has 3 fully saturated rings. The van der Waals surface area contributed by atoms with E-state index < -0.39 is 12.1 Å². The van der Waals surface area contributed by atoms with Gasteiger partial charge in [-0.25, -0.2) is 9.97 Å². The molecule has 1 saturated carbocycles. The molecule has 2 amide bonds. The molecule has 4 aliphatic rings. The highest BCUT2D eigenvalue weighted by Gasteiger charge is 2.51. The number of rotatable bonds is 11. The van der Waals surface area contributed by atoms with Gasteiger partial charge in [0.2, 0.25) is 11.8 Å². The molecule has 53 heavy (non-hydrogen) atoms. The van der Waals surface area contributed by atoms with Crippen LogP contribution in [0.2, 0.25) is 0 Å². The normalized spacial score (nSPS) is 25.4. The number of hydrogen-bond donors (Lipinski definition) is 4. The van der Waals surface area contributed by atoms with Crippen LogP contribution in [0.4, 0.5) is 0 Å². The maximum Gasteiger partial charge on any atom is 0.243 e. The van der Waals surface area contributed by atoms with E-state index in [0.29, 0.717) is 12.5 Å². The fourth-order valence-corrected chi connectivity index (χ4v) is 8.93. The monoisotopic (exact) mass is 725 g/mol. The summed E-state index contributed by atoms with van der Waals surface area (Å²) in [6, 6.07) is 0.676. The number of nitrogens with zero attached hydrogens (tertiary/aromatic N) is 5. The van der Waals surface area contributed by atoms with Crippen molar-refractivity contribution in [1.29, 1.82) is 0 Å². The van der Waals surface area contributed by atoms with Gasteiger partial charge in [-0.2, -0.15) is 0 Å². The Balaban J connectivity index is 1.07. The van der Waals surface area contributed by atoms with Crippen molar-refractivity contribution in [2.24, 2.45) is 17.4 Å². The first kappa shape index (κ1) is 37.2. The zero-order chi connectivity index (χ0) is 37.6. The van der Waals surface area contributed by atoms with E-state index in [0.717, 1.165) is 91.2 Å². The molecule has 284 valence electrons. The summed E-state index contributed by atoms with van der Waals surface area (Å²) in [4.78, 5) is 52.4. The third-order valence-corrected chi connectivity index (χ3v) is 12.3. The fourth-order valence-electron chi connectivity index (χ4n) is 8.93. The second-order valence-electron chi connectivity index (χ2n) is 15.5. The number of ether oxygens (including phenoxy) is 2. The maximum absolute atomic E-state index is 13.5. The summed E-state index contributed by atoms with van der Waals surface area (Å²) in [5, 5.41) is 0. The molecule has 7 rings (SSSR count). The third-order valence-electron chi connectivity index (χ3n) is 12.3. The van der Waals surface area contributed by atoms with Crippen molar-refractivity contribution in [3.8, 4) is 11.3 Å². The fraction of sp³-hybridized carbons (Fsp3) is 0.575. The Kier molecular flexibility index (Phi) is 10.7. The van der Waals surface area contributed by atoms with Crippen molar-refractivity contribution in [1.82, 2.24) is 34.7 Å². The lowest BCUT2D eigenvalue weighted by atomic mass is 9.88. The van der Waals surface area contributed by atoms with Crippen molar-refractivity contribution in [2.75, 3.05) is 20.8 Å². The summed E-state index contributed by atoms with van der Waals surface area (Å²) in [7, 11) is 3.16. The summed E-state index contributed by atoms with van der Waals surface area (Å²) in [5.74, 6) is 1.80. The maximum atomic E-state index is 13.5. The largest absolute Gasteiger partial charge is 0.380 e. The van der Waals surface area contributed by atoms with Gasteiger partial charge in [0.15, 0.2) is 0 Å². The van der Waals surface area contributed by atoms with Crippen LogP contribution in [0.1, 0.15) is 113 Å². The topological polar surface area (TPSA) is 181 Å². The van der Waals surface area contributed by atoms with E-state index >= 15 is 0 Å². The molecule has 8 unspecified atom stereocenters. The Hall–Kier alpha value is -4.17. The summed E-state index contributed by atoms with van der Waals surface area (Å²) >= 11 is 0. The predicted octanol–water partition coefficient (Wildman–Crippen LogP) is 4.98. The number of amides is 2. The lowest BCUT2D eigenvalue weighted by Crippen LogP contribution is -2.53. The van der Waals surface area contributed by atoms with Crippen LogP contribution in [0.25, 0.3) is 22.4 Å². The van der Waals surface area contributed by atoms with Crippen LogP contribution in [0.3, 0.4) is 0 Å². The number of allylic oxidation sites excluding steroid dienone is 4. The van der Waals surface area contributed by atoms with Gasteiger partial charge < -0.3 is 40.7 Å². The molecule has 0 radical (unpaired) electrons. The van der Waals surface area contributed by atoms with Crippen LogP contribution in [-0.4, -0.2) is 97.6 Å². The number of pyridine rings is 1. The van der Waals surface area contributed by atoms with E-state index in [9.17, 15) is 9.59 Å². The molecule has 2 saturated heterocycles. The highest BCUT2D eigenvalue weighted by Crippen LogP contribution is 2.50. The van der Waals surface area contributed by atoms with Gasteiger partial charge in [-0.3, -0.25) is 14.6 Å². The zero-order valence-corrected chi connectivity index (χ0v) is 31.9. The van der Waals surface area contributed by atoms with Gasteiger partial charge in [-0.15, -0.1) is 0 Å². The minimum atomic E-state index is -0.712. The van der Waals surface area contributed by atoms with Gasteiger partial charge in [0, 0.05) is 38.6 Å². The second kappa shape index (κ2) is 15.3. The molecule has 2 aliphatic carbocycles. The smallest absolute Gasteiger partial charge is 0.243 e. The van der Waals surface area contributed by atoms with Crippen LogP contribution in [0.15, 0.2) is 36.3 Å². The highest BCUT2D eigenvalue weighted by atomic mass is 16.5. The molecule has 13 nitrogen and oxygen atoms in total. The number of H-pyrrole nitrogens is 2. The quantitative estimate of drug-likeness (QED) is 0.212. The zero-order valence-electron chi connectivity index (χ0n) is 31.9. The summed E-state index contributed by atoms with van der Waals surface area (Å²) in [5.41, 5.74) is 21.1. The molecular formula is C40H55N9O4. The van der Waals surface area contributed by atoms with Gasteiger partial charge in [-0.1, -0.05) is 6.08 Å². The van der Waals surface area contributed by atoms with Crippen LogP contribution in [0.5, 0.6) is 0 Å². The van der Waals surface area contributed by atoms with E-state index in [2.05, 4.69) is 36.0 Å². The number of fused-ring (bicyclic) bond motifs is 2. The lowest BCUT2D eigenvalue weighted by Gasteiger charge is -2.37. The average Bonchev–Trinajstić information content (AvgIpc) is 4.01. The molecule has 3 aromatic heterocycles. The SMILES string of the molecule is COC(C)C(N)C(=O)N1CCCCC1c1ncc(C2=CC(C)=C(c3ncc(-c4cnc(C5C6CCC(C6)N5C(=O)C(N)C(C)OC)[nH]4)cc3C)CC2)[nH]1. The Labute approximate surface area is 312 Å². The van der Waals surface area contributed by atoms with Crippen LogP contribution < -0.4 is 11.5 Å². The van der Waals surface area contributed by atoms with Crippen LogP contribution in [0, 0.1) is 12.8 Å². The van der Waals surface area contributed by atoms with Gasteiger partial charge in [0.05, 0.1) is 53.8 Å². The molecule has 8 atom stereocenters. The Bertz CT molecular complexity index is 1900. The Morgan fingerprint density at radius 2 is 1.57 bits per heavy atom. The first-order valence-corrected chi connectivity index (χ1v) is 19.2. The number of aryl methyl sites for hydroxylation is 1. The van der Waals surface area contributed by atoms with E-state index in [-0.39, 0.29) is 42.1 Å². The number of piperidine rings is 2. The molecule has 2 aliphatic heterocycles. The summed E-state index contributed by atoms with van der Waals surface area (Å²) < 4.78 is 10.7. The van der Waals surface area contributed by atoms with E-state index in [1.54, 1.807) is 14.2 Å². The summed E-state index contributed by atoms with van der Waals surface area (Å²) in [6.07, 6.45) is 14.7. The Morgan fingerprint density at radius 3 is 2.28 bits per heavy atom. The van der Waals surface area contributed by atoms with Crippen molar-refractivity contribution < 1.29 is 19.1 Å². The first-order valence-electron chi connectivity index (χ1n) is 19.2. The van der Waals surface area contributed by atoms with E-state index in [1.807, 2.05) is 42.2 Å². The number of aromatic nitrogens is 5. The number of carbonyl (C=O) groups excluding carboxylic acids is 2. The van der Waals surface area contributed by atoms with Crippen molar-refractivity contribution >= 4 is 23.0 Å². The number of nitrogens with two attached hydrogens (primary N) is 2. The number of nitrogens with one attached hydrogen (secondary N) is 2. The van der Waals surface area contributed by atoms with Crippen molar-refractivity contribution in [3.05, 3.63) is 64.9 Å². The molecule has 0 aromatic carbocycles. The summed E-state index contributed by atoms with van der Waals surface area (Å²) in [6.45, 7) is 8.57. The third kappa shape index (κ3) is 7.00. The molecule has 5 heterocycles. The van der Waals surface area contributed by atoms with Gasteiger partial charge in [0.25, 0.3) is 0 Å². The van der Waals surface area contributed by atoms with E-state index in [4.69, 9.17) is 35.9 Å². The van der Waals surface area contributed by atoms with Gasteiger partial charge in [-0.05, 0) is 113 Å². The number of aromatic amines is 2. The molecule has 3 aromatic rings. The number of imidazole rings is 2. The van der Waals surface area contributed by atoms with Crippen molar-refractivity contribution in [3.63, 3.8) is 0 Å². The highest BCUT2D eigenvalue weighted by molar-refractivity contribution is 5.84. The molecule has 6 N–H and O–H groups in total. The second-order valence-corrected chi connectivity index (χ2v) is 15.5. The van der Waals surface area contributed by atoms with Gasteiger partial charge in [0.1, 0.15) is 23.7 Å². The molecule has 0 spiro atoms. The molecule has 13 heteroatoms. The van der Waals surface area contributed by atoms with Gasteiger partial charge >= 0.3 is 0 Å².